The van der Waals surface area contributed by atoms with Crippen LogP contribution in [0.25, 0.3) is 0 Å². The first-order valence-corrected chi connectivity index (χ1v) is 10.4. The van der Waals surface area contributed by atoms with E-state index in [2.05, 4.69) is 0 Å². The van der Waals surface area contributed by atoms with Crippen LogP contribution in [-0.4, -0.2) is 66.3 Å². The first kappa shape index (κ1) is 23.3. The molecule has 9 nitrogen and oxygen atoms in total. The van der Waals surface area contributed by atoms with Crippen molar-refractivity contribution >= 4 is 23.9 Å². The summed E-state index contributed by atoms with van der Waals surface area (Å²) in [4.78, 5) is 49.2. The summed E-state index contributed by atoms with van der Waals surface area (Å²) in [5.41, 5.74) is 0.146. The Balaban J connectivity index is 1.56. The van der Waals surface area contributed by atoms with Crippen molar-refractivity contribution in [3.63, 3.8) is 0 Å². The summed E-state index contributed by atoms with van der Waals surface area (Å²) in [7, 11) is 0. The van der Waals surface area contributed by atoms with Crippen molar-refractivity contribution < 1.29 is 42.2 Å². The summed E-state index contributed by atoms with van der Waals surface area (Å²) >= 11 is 0. The molecule has 4 atom stereocenters. The molecular weight excluding hydrogens is 454 g/mol. The summed E-state index contributed by atoms with van der Waals surface area (Å²) in [6.45, 7) is -1.35. The van der Waals surface area contributed by atoms with Gasteiger partial charge >= 0.3 is 18.0 Å². The molecule has 0 aliphatic carbocycles. The van der Waals surface area contributed by atoms with E-state index in [9.17, 15) is 19.2 Å². The van der Waals surface area contributed by atoms with Crippen LogP contribution in [0.2, 0.25) is 0 Å². The average Bonchev–Trinajstić information content (AvgIpc) is 3.09. The van der Waals surface area contributed by atoms with E-state index in [0.717, 1.165) is 4.90 Å². The number of ether oxygens (including phenoxy) is 3. The fraction of sp³-hybridized carbons (Fsp3) is 0.304. The van der Waals surface area contributed by atoms with Gasteiger partial charge in [0.2, 0.25) is 5.91 Å². The van der Waals surface area contributed by atoms with Crippen LogP contribution in [0.5, 0.6) is 0 Å². The van der Waals surface area contributed by atoms with Gasteiger partial charge in [-0.1, -0.05) is 36.4 Å². The minimum absolute atomic E-state index is 0.0306. The molecule has 2 aliphatic rings. The highest BCUT2D eigenvalue weighted by atomic mass is 19.2. The highest BCUT2D eigenvalue weighted by Gasteiger charge is 2.62. The molecule has 0 aromatic heterocycles. The van der Waals surface area contributed by atoms with Crippen molar-refractivity contribution in [2.75, 3.05) is 13.2 Å². The van der Waals surface area contributed by atoms with Crippen LogP contribution in [0.4, 0.5) is 13.6 Å². The van der Waals surface area contributed by atoms with Gasteiger partial charge in [-0.25, -0.2) is 23.2 Å². The molecule has 34 heavy (non-hydrogen) atoms. The van der Waals surface area contributed by atoms with Crippen LogP contribution >= 0.6 is 0 Å². The average molecular weight is 474 g/mol. The normalized spacial score (nSPS) is 26.6. The van der Waals surface area contributed by atoms with Gasteiger partial charge in [-0.15, -0.1) is 0 Å². The zero-order chi connectivity index (χ0) is 24.3. The quantitative estimate of drug-likeness (QED) is 0.640. The topological polar surface area (TPSA) is 111 Å². The Bertz CT molecular complexity index is 1090. The van der Waals surface area contributed by atoms with E-state index in [1.807, 2.05) is 5.32 Å². The monoisotopic (exact) mass is 474 g/mol. The van der Waals surface area contributed by atoms with Crippen molar-refractivity contribution in [3.05, 3.63) is 71.8 Å². The fourth-order valence-electron chi connectivity index (χ4n) is 3.62. The van der Waals surface area contributed by atoms with Gasteiger partial charge < -0.3 is 14.2 Å². The first-order chi connectivity index (χ1) is 16.3. The molecule has 1 N–H and O–H groups in total. The predicted molar refractivity (Wildman–Crippen MR) is 111 cm³/mol. The number of imide groups is 1. The van der Waals surface area contributed by atoms with Gasteiger partial charge in [0.25, 0.3) is 5.85 Å². The molecule has 0 radical (unpaired) electrons. The smallest absolute Gasteiger partial charge is 0.338 e. The van der Waals surface area contributed by atoms with E-state index in [-0.39, 0.29) is 24.1 Å². The Hall–Kier alpha value is -3.86. The van der Waals surface area contributed by atoms with Gasteiger partial charge in [-0.2, -0.15) is 0 Å². The maximum Gasteiger partial charge on any atom is 0.338 e. The van der Waals surface area contributed by atoms with E-state index < -0.39 is 54.8 Å². The molecule has 0 unspecified atom stereocenters. The number of hydrogen-bond donors (Lipinski definition) is 1. The minimum Gasteiger partial charge on any atom is -0.456 e. The standard InChI is InChI=1S/C23H20F2N2O7/c24-17-18(33-21(30)15-9-5-2-6-10-15)23(25,13-32-20(29)14-7-3-1-4-8-14)34-19(17)27-12-11-16(28)26-22(27)31/h1-10,17-19H,11-13H2,(H,26,28,31)/t17-,18+,19-,23-/m1/s1. The number of nitrogens with zero attached hydrogens (tertiary/aromatic N) is 1. The Morgan fingerprint density at radius 1 is 1.03 bits per heavy atom. The third-order valence-electron chi connectivity index (χ3n) is 5.35. The summed E-state index contributed by atoms with van der Waals surface area (Å²) in [6.07, 6.45) is -6.50. The lowest BCUT2D eigenvalue weighted by atomic mass is 10.1. The molecule has 0 saturated carbocycles. The van der Waals surface area contributed by atoms with Gasteiger partial charge in [-0.3, -0.25) is 15.0 Å². The Labute approximate surface area is 192 Å². The minimum atomic E-state index is -3.11. The highest BCUT2D eigenvalue weighted by molar-refractivity contribution is 5.96. The van der Waals surface area contributed by atoms with Crippen molar-refractivity contribution in [2.45, 2.75) is 30.8 Å². The van der Waals surface area contributed by atoms with E-state index in [1.165, 1.54) is 36.4 Å². The van der Waals surface area contributed by atoms with Gasteiger partial charge in [0, 0.05) is 13.0 Å². The third-order valence-corrected chi connectivity index (χ3v) is 5.35. The second-order valence-corrected chi connectivity index (χ2v) is 7.67. The fourth-order valence-corrected chi connectivity index (χ4v) is 3.62. The number of carbonyl (C=O) groups excluding carboxylic acids is 4. The summed E-state index contributed by atoms with van der Waals surface area (Å²) < 4.78 is 46.7. The summed E-state index contributed by atoms with van der Waals surface area (Å²) in [6, 6.07) is 14.2. The largest absolute Gasteiger partial charge is 0.456 e. The van der Waals surface area contributed by atoms with Crippen LogP contribution in [0.15, 0.2) is 60.7 Å². The lowest BCUT2D eigenvalue weighted by Crippen LogP contribution is -2.56. The number of hydrogen-bond acceptors (Lipinski definition) is 7. The van der Waals surface area contributed by atoms with E-state index in [1.54, 1.807) is 24.3 Å². The second-order valence-electron chi connectivity index (χ2n) is 7.67. The van der Waals surface area contributed by atoms with Crippen LogP contribution in [0.3, 0.4) is 0 Å². The number of benzene rings is 2. The molecule has 11 heteroatoms. The highest BCUT2D eigenvalue weighted by Crippen LogP contribution is 2.39. The molecule has 2 aliphatic heterocycles. The van der Waals surface area contributed by atoms with E-state index in [0.29, 0.717) is 0 Å². The van der Waals surface area contributed by atoms with Gasteiger partial charge in [0.1, 0.15) is 0 Å². The number of esters is 2. The van der Waals surface area contributed by atoms with Gasteiger partial charge in [0.15, 0.2) is 25.1 Å². The number of nitrogens with one attached hydrogen (secondary N) is 1. The van der Waals surface area contributed by atoms with Crippen molar-refractivity contribution in [1.82, 2.24) is 10.2 Å². The van der Waals surface area contributed by atoms with Gasteiger partial charge in [0.05, 0.1) is 11.1 Å². The molecule has 2 aromatic carbocycles. The lowest BCUT2D eigenvalue weighted by molar-refractivity contribution is -0.212. The van der Waals surface area contributed by atoms with Crippen LogP contribution in [-0.2, 0) is 19.0 Å². The number of urea groups is 1. The van der Waals surface area contributed by atoms with Crippen LogP contribution in [0.1, 0.15) is 27.1 Å². The van der Waals surface area contributed by atoms with Crippen molar-refractivity contribution in [1.29, 1.82) is 0 Å². The molecule has 3 amide bonds. The molecule has 178 valence electrons. The van der Waals surface area contributed by atoms with Crippen molar-refractivity contribution in [2.24, 2.45) is 0 Å². The molecule has 2 fully saturated rings. The molecule has 4 rings (SSSR count). The zero-order valence-electron chi connectivity index (χ0n) is 17.7. The summed E-state index contributed by atoms with van der Waals surface area (Å²) in [5, 5.41) is 1.99. The molecule has 0 bridgehead atoms. The number of alkyl halides is 2. The Morgan fingerprint density at radius 3 is 2.21 bits per heavy atom. The van der Waals surface area contributed by atoms with Crippen LogP contribution < -0.4 is 5.32 Å². The molecule has 0 spiro atoms. The lowest BCUT2D eigenvalue weighted by Gasteiger charge is -2.32. The zero-order valence-corrected chi connectivity index (χ0v) is 17.7. The number of amides is 3. The molecule has 2 aromatic rings. The SMILES string of the molecule is O=C1CCN([C@@H]2O[C@](F)(COC(=O)c3ccccc3)[C@@H](OC(=O)c3ccccc3)[C@H]2F)C(=O)N1. The second kappa shape index (κ2) is 9.56. The molecular formula is C23H20F2N2O7. The first-order valence-electron chi connectivity index (χ1n) is 10.4. The van der Waals surface area contributed by atoms with E-state index in [4.69, 9.17) is 14.2 Å². The maximum atomic E-state index is 15.9. The van der Waals surface area contributed by atoms with Crippen LogP contribution in [0, 0.1) is 0 Å². The van der Waals surface area contributed by atoms with Crippen molar-refractivity contribution in [3.8, 4) is 0 Å². The number of halogens is 2. The number of rotatable bonds is 6. The number of carbonyl (C=O) groups is 4. The Kier molecular flexibility index (Phi) is 6.55. The summed E-state index contributed by atoms with van der Waals surface area (Å²) in [5.74, 6) is -5.63. The van der Waals surface area contributed by atoms with E-state index >= 15 is 8.78 Å². The predicted octanol–water partition coefficient (Wildman–Crippen LogP) is 2.37. The third kappa shape index (κ3) is 4.74. The molecule has 2 saturated heterocycles. The maximum absolute atomic E-state index is 15.9. The Morgan fingerprint density at radius 2 is 1.62 bits per heavy atom. The van der Waals surface area contributed by atoms with Gasteiger partial charge in [-0.05, 0) is 24.3 Å². The molecule has 2 heterocycles.